The van der Waals surface area contributed by atoms with Crippen LogP contribution in [0.4, 0.5) is 0 Å². The molecule has 0 bridgehead atoms. The van der Waals surface area contributed by atoms with Gasteiger partial charge < -0.3 is 19.0 Å². The molecule has 0 unspecified atom stereocenters. The third-order valence-corrected chi connectivity index (χ3v) is 4.61. The second-order valence-electron chi connectivity index (χ2n) is 6.50. The summed E-state index contributed by atoms with van der Waals surface area (Å²) in [4.78, 5) is 16.7. The summed E-state index contributed by atoms with van der Waals surface area (Å²) in [7, 11) is 2.19. The van der Waals surface area contributed by atoms with Gasteiger partial charge in [-0.05, 0) is 51.1 Å². The third-order valence-electron chi connectivity index (χ3n) is 4.61. The number of hydrogen-bond acceptors (Lipinski definition) is 5. The van der Waals surface area contributed by atoms with Crippen LogP contribution in [-0.4, -0.2) is 56.2 Å². The fourth-order valence-electron chi connectivity index (χ4n) is 3.03. The highest BCUT2D eigenvalue weighted by Gasteiger charge is 2.12. The first-order valence-electron chi connectivity index (χ1n) is 8.78. The lowest BCUT2D eigenvalue weighted by Gasteiger charge is -2.32. The van der Waals surface area contributed by atoms with Gasteiger partial charge in [0.2, 0.25) is 0 Å². The van der Waals surface area contributed by atoms with Gasteiger partial charge in [0, 0.05) is 32.2 Å². The average Bonchev–Trinajstić information content (AvgIpc) is 2.60. The molecule has 1 fully saturated rings. The highest BCUT2D eigenvalue weighted by molar-refractivity contribution is 5.77. The molecule has 5 heteroatoms. The van der Waals surface area contributed by atoms with Crippen LogP contribution in [0.5, 0.6) is 5.75 Å². The molecule has 0 radical (unpaired) electrons. The second-order valence-corrected chi connectivity index (χ2v) is 6.50. The summed E-state index contributed by atoms with van der Waals surface area (Å²) >= 11 is 0. The van der Waals surface area contributed by atoms with Crippen molar-refractivity contribution in [3.8, 4) is 5.75 Å². The van der Waals surface area contributed by atoms with E-state index in [0.29, 0.717) is 17.6 Å². The molecule has 0 spiro atoms. The predicted molar refractivity (Wildman–Crippen MR) is 95.8 cm³/mol. The number of rotatable bonds is 7. The van der Waals surface area contributed by atoms with Gasteiger partial charge in [0.1, 0.15) is 11.3 Å². The van der Waals surface area contributed by atoms with Crippen LogP contribution in [0.3, 0.4) is 0 Å². The maximum Gasteiger partial charge on any atom is 0.192 e. The lowest BCUT2D eigenvalue weighted by molar-refractivity contribution is 0.151. The monoisotopic (exact) mass is 330 g/mol. The van der Waals surface area contributed by atoms with E-state index >= 15 is 0 Å². The molecule has 1 aromatic carbocycles. The molecule has 0 saturated carbocycles. The molecule has 0 atom stereocenters. The smallest absolute Gasteiger partial charge is 0.192 e. The highest BCUT2D eigenvalue weighted by Crippen LogP contribution is 2.18. The Balaban J connectivity index is 1.36. The van der Waals surface area contributed by atoms with Gasteiger partial charge >= 0.3 is 0 Å². The minimum absolute atomic E-state index is 0.0334. The van der Waals surface area contributed by atoms with Gasteiger partial charge in [0.15, 0.2) is 5.43 Å². The molecule has 0 amide bonds. The van der Waals surface area contributed by atoms with Crippen LogP contribution in [0.15, 0.2) is 39.7 Å². The van der Waals surface area contributed by atoms with Crippen molar-refractivity contribution in [1.29, 1.82) is 0 Å². The van der Waals surface area contributed by atoms with Gasteiger partial charge in [-0.25, -0.2) is 0 Å². The summed E-state index contributed by atoms with van der Waals surface area (Å²) < 4.78 is 11.1. The first kappa shape index (κ1) is 17.0. The molecule has 24 heavy (non-hydrogen) atoms. The normalized spacial score (nSPS) is 16.5. The number of fused-ring (bicyclic) bond motifs is 1. The first-order chi connectivity index (χ1) is 11.7. The van der Waals surface area contributed by atoms with E-state index in [1.807, 2.05) is 6.07 Å². The number of likely N-dealkylation sites (N-methyl/N-ethyl adjacent to an activating group) is 1. The Hall–Kier alpha value is -1.85. The van der Waals surface area contributed by atoms with Gasteiger partial charge in [-0.15, -0.1) is 0 Å². The zero-order valence-electron chi connectivity index (χ0n) is 14.4. The Morgan fingerprint density at radius 2 is 1.92 bits per heavy atom. The van der Waals surface area contributed by atoms with Crippen molar-refractivity contribution in [2.24, 2.45) is 0 Å². The van der Waals surface area contributed by atoms with E-state index < -0.39 is 0 Å². The van der Waals surface area contributed by atoms with Crippen molar-refractivity contribution in [2.75, 3.05) is 46.4 Å². The Bertz CT molecular complexity index is 705. The van der Waals surface area contributed by atoms with Crippen molar-refractivity contribution >= 4 is 11.0 Å². The summed E-state index contributed by atoms with van der Waals surface area (Å²) in [5, 5.41) is 0.574. The first-order valence-corrected chi connectivity index (χ1v) is 8.78. The minimum Gasteiger partial charge on any atom is -0.494 e. The Morgan fingerprint density at radius 3 is 2.75 bits per heavy atom. The zero-order chi connectivity index (χ0) is 16.8. The molecule has 1 saturated heterocycles. The van der Waals surface area contributed by atoms with Gasteiger partial charge in [0.05, 0.1) is 18.3 Å². The molecule has 1 aromatic heterocycles. The number of piperazine rings is 1. The number of nitrogens with zero attached hydrogens (tertiary/aromatic N) is 2. The number of ether oxygens (including phenoxy) is 1. The SMILES string of the molecule is CN1CCN(CCCCCOc2ccc3occc(=O)c3c2)CC1. The van der Waals surface area contributed by atoms with E-state index in [1.165, 1.54) is 57.9 Å². The molecule has 2 heterocycles. The summed E-state index contributed by atoms with van der Waals surface area (Å²) in [6.45, 7) is 6.61. The molecule has 2 aromatic rings. The van der Waals surface area contributed by atoms with Crippen LogP contribution in [0.25, 0.3) is 11.0 Å². The quantitative estimate of drug-likeness (QED) is 0.730. The van der Waals surface area contributed by atoms with Crippen LogP contribution in [0.2, 0.25) is 0 Å². The van der Waals surface area contributed by atoms with E-state index in [-0.39, 0.29) is 5.43 Å². The van der Waals surface area contributed by atoms with Crippen molar-refractivity contribution in [3.63, 3.8) is 0 Å². The van der Waals surface area contributed by atoms with E-state index in [9.17, 15) is 4.79 Å². The fourth-order valence-corrected chi connectivity index (χ4v) is 3.03. The van der Waals surface area contributed by atoms with Gasteiger partial charge in [-0.3, -0.25) is 4.79 Å². The summed E-state index contributed by atoms with van der Waals surface area (Å²) in [5.41, 5.74) is 0.566. The standard InChI is InChI=1S/C19H26N2O3/c1-20-9-11-21(12-10-20)8-3-2-4-13-23-16-5-6-19-17(15-16)18(22)7-14-24-19/h5-7,14-15H,2-4,8-13H2,1H3. The van der Waals surface area contributed by atoms with Crippen LogP contribution >= 0.6 is 0 Å². The van der Waals surface area contributed by atoms with Gasteiger partial charge in [0.25, 0.3) is 0 Å². The van der Waals surface area contributed by atoms with Crippen LogP contribution in [0, 0.1) is 0 Å². The van der Waals surface area contributed by atoms with Crippen molar-refractivity contribution in [2.45, 2.75) is 19.3 Å². The molecular weight excluding hydrogens is 304 g/mol. The molecule has 3 rings (SSSR count). The highest BCUT2D eigenvalue weighted by atomic mass is 16.5. The van der Waals surface area contributed by atoms with E-state index in [2.05, 4.69) is 16.8 Å². The molecular formula is C19H26N2O3. The maximum atomic E-state index is 11.8. The van der Waals surface area contributed by atoms with Crippen LogP contribution in [0.1, 0.15) is 19.3 Å². The summed E-state index contributed by atoms with van der Waals surface area (Å²) in [6, 6.07) is 6.85. The molecule has 0 N–H and O–H groups in total. The number of benzene rings is 1. The number of hydrogen-bond donors (Lipinski definition) is 0. The minimum atomic E-state index is -0.0334. The van der Waals surface area contributed by atoms with Gasteiger partial charge in [-0.1, -0.05) is 0 Å². The van der Waals surface area contributed by atoms with Crippen molar-refractivity contribution < 1.29 is 9.15 Å². The third kappa shape index (κ3) is 4.58. The molecule has 1 aliphatic heterocycles. The predicted octanol–water partition coefficient (Wildman–Crippen LogP) is 2.59. The molecule has 130 valence electrons. The summed E-state index contributed by atoms with van der Waals surface area (Å²) in [6.07, 6.45) is 4.84. The molecule has 0 aliphatic carbocycles. The van der Waals surface area contributed by atoms with Crippen LogP contribution < -0.4 is 10.2 Å². The topological polar surface area (TPSA) is 45.9 Å². The lowest BCUT2D eigenvalue weighted by Crippen LogP contribution is -2.44. The van der Waals surface area contributed by atoms with Crippen molar-refractivity contribution in [1.82, 2.24) is 9.80 Å². The maximum absolute atomic E-state index is 11.8. The van der Waals surface area contributed by atoms with Gasteiger partial charge in [-0.2, -0.15) is 0 Å². The van der Waals surface area contributed by atoms with Crippen molar-refractivity contribution in [3.05, 3.63) is 40.8 Å². The van der Waals surface area contributed by atoms with E-state index in [0.717, 1.165) is 12.2 Å². The summed E-state index contributed by atoms with van der Waals surface area (Å²) in [5.74, 6) is 0.736. The lowest BCUT2D eigenvalue weighted by atomic mass is 10.2. The fraction of sp³-hybridized carbons (Fsp3) is 0.526. The molecule has 1 aliphatic rings. The van der Waals surface area contributed by atoms with E-state index in [4.69, 9.17) is 9.15 Å². The largest absolute Gasteiger partial charge is 0.494 e. The van der Waals surface area contributed by atoms with E-state index in [1.54, 1.807) is 12.1 Å². The second kappa shape index (κ2) is 8.31. The Kier molecular flexibility index (Phi) is 5.88. The molecule has 5 nitrogen and oxygen atoms in total. The Morgan fingerprint density at radius 1 is 1.08 bits per heavy atom. The Labute approximate surface area is 142 Å². The zero-order valence-corrected chi connectivity index (χ0v) is 14.4. The van der Waals surface area contributed by atoms with Crippen LogP contribution in [-0.2, 0) is 0 Å². The number of unbranched alkanes of at least 4 members (excludes halogenated alkanes) is 2. The average molecular weight is 330 g/mol.